The smallest absolute Gasteiger partial charge is 0.326 e. The molecule has 0 aromatic carbocycles. The monoisotopic (exact) mass is 362 g/mol. The highest BCUT2D eigenvalue weighted by Gasteiger charge is 2.33. The van der Waals surface area contributed by atoms with Crippen molar-refractivity contribution in [2.24, 2.45) is 5.41 Å². The number of aliphatic carboxylic acids is 1. The van der Waals surface area contributed by atoms with Gasteiger partial charge in [-0.05, 0) is 38.4 Å². The zero-order valence-corrected chi connectivity index (χ0v) is 14.3. The number of halogens is 1. The van der Waals surface area contributed by atoms with Crippen LogP contribution in [0.2, 0.25) is 0 Å². The van der Waals surface area contributed by atoms with Gasteiger partial charge in [0, 0.05) is 13.6 Å². The molecule has 2 N–H and O–H groups in total. The summed E-state index contributed by atoms with van der Waals surface area (Å²) < 4.78 is 0.999. The summed E-state index contributed by atoms with van der Waals surface area (Å²) in [6, 6.07) is 0.619. The molecule has 1 atom stereocenters. The summed E-state index contributed by atoms with van der Waals surface area (Å²) in [5.74, 6) is -1.03. The molecule has 0 unspecified atom stereocenters. The molecule has 5 nitrogen and oxygen atoms in total. The number of urea groups is 1. The van der Waals surface area contributed by atoms with E-state index < -0.39 is 23.5 Å². The maximum atomic E-state index is 12.1. The maximum Gasteiger partial charge on any atom is 0.326 e. The first-order valence-electron chi connectivity index (χ1n) is 6.08. The Kier molecular flexibility index (Phi) is 5.59. The lowest BCUT2D eigenvalue weighted by molar-refractivity contribution is -0.142. The van der Waals surface area contributed by atoms with Crippen LogP contribution in [0.1, 0.15) is 26.3 Å². The van der Waals surface area contributed by atoms with Crippen molar-refractivity contribution >= 4 is 39.3 Å². The van der Waals surface area contributed by atoms with Gasteiger partial charge in [0.25, 0.3) is 0 Å². The molecule has 7 heteroatoms. The lowest BCUT2D eigenvalue weighted by atomic mass is 9.87. The van der Waals surface area contributed by atoms with Crippen LogP contribution >= 0.6 is 27.3 Å². The summed E-state index contributed by atoms with van der Waals surface area (Å²) in [4.78, 5) is 24.8. The fourth-order valence-electron chi connectivity index (χ4n) is 1.66. The minimum absolute atomic E-state index is 0.394. The third-order valence-electron chi connectivity index (χ3n) is 2.77. The third kappa shape index (κ3) is 4.79. The first kappa shape index (κ1) is 17.0. The average Bonchev–Trinajstić information content (AvgIpc) is 2.69. The standard InChI is InChI=1S/C13H19BrN2O3S/c1-13(2,3)10(11(17)18)15-12(19)16(4)6-8-5-9(14)20-7-8/h5,7,10H,6H2,1-4H3,(H,15,19)(H,17,18)/t10-/m0/s1. The zero-order valence-electron chi connectivity index (χ0n) is 11.9. The van der Waals surface area contributed by atoms with Crippen LogP contribution in [0.4, 0.5) is 4.79 Å². The number of amides is 2. The van der Waals surface area contributed by atoms with Gasteiger partial charge in [0.1, 0.15) is 6.04 Å². The first-order chi connectivity index (χ1) is 9.11. The molecule has 1 aromatic rings. The van der Waals surface area contributed by atoms with E-state index in [-0.39, 0.29) is 0 Å². The van der Waals surface area contributed by atoms with Crippen molar-refractivity contribution < 1.29 is 14.7 Å². The van der Waals surface area contributed by atoms with Crippen LogP contribution in [0.25, 0.3) is 0 Å². The van der Waals surface area contributed by atoms with Crippen molar-refractivity contribution in [3.8, 4) is 0 Å². The lowest BCUT2D eigenvalue weighted by Crippen LogP contribution is -2.52. The second-order valence-corrected chi connectivity index (χ2v) is 7.99. The number of nitrogens with zero attached hydrogens (tertiary/aromatic N) is 1. The van der Waals surface area contributed by atoms with E-state index in [9.17, 15) is 14.7 Å². The summed E-state index contributed by atoms with van der Waals surface area (Å²) in [6.45, 7) is 5.77. The molecular formula is C13H19BrN2O3S. The fourth-order valence-corrected chi connectivity index (χ4v) is 2.86. The van der Waals surface area contributed by atoms with E-state index in [0.29, 0.717) is 6.54 Å². The Labute approximate surface area is 131 Å². The summed E-state index contributed by atoms with van der Waals surface area (Å²) in [7, 11) is 1.64. The molecule has 0 spiro atoms. The Morgan fingerprint density at radius 3 is 2.50 bits per heavy atom. The maximum absolute atomic E-state index is 12.1. The van der Waals surface area contributed by atoms with Crippen LogP contribution in [0, 0.1) is 5.41 Å². The normalized spacial score (nSPS) is 12.8. The largest absolute Gasteiger partial charge is 0.480 e. The molecule has 0 aliphatic heterocycles. The Balaban J connectivity index is 2.67. The van der Waals surface area contributed by atoms with E-state index in [1.54, 1.807) is 39.2 Å². The van der Waals surface area contributed by atoms with Crippen LogP contribution < -0.4 is 5.32 Å². The molecule has 20 heavy (non-hydrogen) atoms. The van der Waals surface area contributed by atoms with Gasteiger partial charge in [0.2, 0.25) is 0 Å². The number of hydrogen-bond acceptors (Lipinski definition) is 3. The van der Waals surface area contributed by atoms with Crippen molar-refractivity contribution in [3.05, 3.63) is 20.8 Å². The highest BCUT2D eigenvalue weighted by Crippen LogP contribution is 2.22. The van der Waals surface area contributed by atoms with Gasteiger partial charge in [-0.25, -0.2) is 9.59 Å². The van der Waals surface area contributed by atoms with E-state index in [2.05, 4.69) is 21.2 Å². The molecule has 0 aliphatic carbocycles. The molecule has 0 saturated carbocycles. The number of hydrogen-bond donors (Lipinski definition) is 2. The van der Waals surface area contributed by atoms with Crippen LogP contribution in [0.5, 0.6) is 0 Å². The first-order valence-corrected chi connectivity index (χ1v) is 7.76. The summed E-state index contributed by atoms with van der Waals surface area (Å²) in [5, 5.41) is 13.7. The Morgan fingerprint density at radius 2 is 2.10 bits per heavy atom. The van der Waals surface area contributed by atoms with Gasteiger partial charge in [-0.3, -0.25) is 0 Å². The van der Waals surface area contributed by atoms with Crippen molar-refractivity contribution in [2.45, 2.75) is 33.4 Å². The van der Waals surface area contributed by atoms with Crippen molar-refractivity contribution in [1.82, 2.24) is 10.2 Å². The van der Waals surface area contributed by atoms with Gasteiger partial charge in [-0.2, -0.15) is 0 Å². The lowest BCUT2D eigenvalue weighted by Gasteiger charge is -2.29. The zero-order chi connectivity index (χ0) is 15.5. The quantitative estimate of drug-likeness (QED) is 0.864. The predicted octanol–water partition coefficient (Wildman–Crippen LogP) is 3.15. The second kappa shape index (κ2) is 6.58. The van der Waals surface area contributed by atoms with E-state index in [0.717, 1.165) is 9.35 Å². The molecule has 112 valence electrons. The number of carboxylic acid groups (broad SMARTS) is 1. The molecule has 1 heterocycles. The molecule has 0 saturated heterocycles. The molecule has 0 fully saturated rings. The topological polar surface area (TPSA) is 69.6 Å². The van der Waals surface area contributed by atoms with Gasteiger partial charge in [-0.1, -0.05) is 20.8 Å². The van der Waals surface area contributed by atoms with Crippen molar-refractivity contribution in [3.63, 3.8) is 0 Å². The SMILES string of the molecule is CN(Cc1csc(Br)c1)C(=O)N[C@@H](C(=O)O)C(C)(C)C. The van der Waals surface area contributed by atoms with Gasteiger partial charge in [-0.15, -0.1) is 11.3 Å². The number of rotatable bonds is 4. The highest BCUT2D eigenvalue weighted by atomic mass is 79.9. The summed E-state index contributed by atoms with van der Waals surface area (Å²) >= 11 is 4.91. The number of carboxylic acids is 1. The third-order valence-corrected chi connectivity index (χ3v) is 4.32. The molecule has 1 rings (SSSR count). The molecule has 2 amide bonds. The Morgan fingerprint density at radius 1 is 1.50 bits per heavy atom. The van der Waals surface area contributed by atoms with Gasteiger partial charge in [0.05, 0.1) is 3.79 Å². The summed E-state index contributed by atoms with van der Waals surface area (Å²) in [6.07, 6.45) is 0. The van der Waals surface area contributed by atoms with Gasteiger partial charge < -0.3 is 15.3 Å². The van der Waals surface area contributed by atoms with E-state index >= 15 is 0 Å². The Bertz CT molecular complexity index is 496. The second-order valence-electron chi connectivity index (χ2n) is 5.70. The molecule has 0 radical (unpaired) electrons. The minimum atomic E-state index is -1.03. The van der Waals surface area contributed by atoms with Crippen LogP contribution in [0.3, 0.4) is 0 Å². The number of carbonyl (C=O) groups excluding carboxylic acids is 1. The molecule has 1 aromatic heterocycles. The summed E-state index contributed by atoms with van der Waals surface area (Å²) in [5.41, 5.74) is 0.454. The van der Waals surface area contributed by atoms with E-state index in [4.69, 9.17) is 0 Å². The van der Waals surface area contributed by atoms with Gasteiger partial charge in [0.15, 0.2) is 0 Å². The van der Waals surface area contributed by atoms with Crippen molar-refractivity contribution in [1.29, 1.82) is 0 Å². The van der Waals surface area contributed by atoms with Crippen LogP contribution in [-0.4, -0.2) is 35.1 Å². The molecular weight excluding hydrogens is 344 g/mol. The highest BCUT2D eigenvalue weighted by molar-refractivity contribution is 9.11. The molecule has 0 bridgehead atoms. The number of nitrogens with one attached hydrogen (secondary N) is 1. The van der Waals surface area contributed by atoms with Gasteiger partial charge >= 0.3 is 12.0 Å². The van der Waals surface area contributed by atoms with E-state index in [1.807, 2.05) is 11.4 Å². The van der Waals surface area contributed by atoms with Crippen molar-refractivity contribution in [2.75, 3.05) is 7.05 Å². The fraction of sp³-hybridized carbons (Fsp3) is 0.538. The number of carbonyl (C=O) groups is 2. The Hall–Kier alpha value is -1.08. The number of thiophene rings is 1. The minimum Gasteiger partial charge on any atom is -0.480 e. The predicted molar refractivity (Wildman–Crippen MR) is 82.9 cm³/mol. The van der Waals surface area contributed by atoms with E-state index in [1.165, 1.54) is 4.90 Å². The average molecular weight is 363 g/mol. The van der Waals surface area contributed by atoms with Crippen LogP contribution in [-0.2, 0) is 11.3 Å². The molecule has 0 aliphatic rings. The van der Waals surface area contributed by atoms with Crippen LogP contribution in [0.15, 0.2) is 15.2 Å².